The van der Waals surface area contributed by atoms with Crippen LogP contribution in [0, 0.1) is 0 Å². The molecule has 0 saturated carbocycles. The Morgan fingerprint density at radius 3 is 3.10 bits per heavy atom. The van der Waals surface area contributed by atoms with Gasteiger partial charge < -0.3 is 4.42 Å². The van der Waals surface area contributed by atoms with E-state index in [9.17, 15) is 4.79 Å². The third-order valence-corrected chi connectivity index (χ3v) is 4.88. The van der Waals surface area contributed by atoms with Crippen LogP contribution in [0.3, 0.4) is 0 Å². The Labute approximate surface area is 127 Å². The molecule has 1 unspecified atom stereocenters. The van der Waals surface area contributed by atoms with Crippen LogP contribution in [0.4, 0.5) is 0 Å². The number of carbonyl (C=O) groups is 1. The molecule has 3 rings (SSSR count). The highest BCUT2D eigenvalue weighted by Crippen LogP contribution is 2.28. The molecule has 0 radical (unpaired) electrons. The van der Waals surface area contributed by atoms with Crippen molar-refractivity contribution in [2.45, 2.75) is 18.7 Å². The molecular weight excluding hydrogens is 286 g/mol. The summed E-state index contributed by atoms with van der Waals surface area (Å²) in [5.74, 6) is 6.34. The van der Waals surface area contributed by atoms with E-state index in [4.69, 9.17) is 10.3 Å². The standard InChI is InChI=1S/C15H19N3O2S/c1-10-8-18(6-7-21-10)9-12-11-4-2-3-5-13(11)20-14(12)15(19)17-16/h2-5,10H,6-9,16H2,1H3,(H,17,19). The van der Waals surface area contributed by atoms with E-state index >= 15 is 0 Å². The minimum absolute atomic E-state index is 0.324. The monoisotopic (exact) mass is 305 g/mol. The first-order chi connectivity index (χ1) is 10.2. The van der Waals surface area contributed by atoms with Crippen LogP contribution in [-0.2, 0) is 6.54 Å². The van der Waals surface area contributed by atoms with Gasteiger partial charge in [-0.2, -0.15) is 11.8 Å². The average Bonchev–Trinajstić information content (AvgIpc) is 2.85. The third-order valence-electron chi connectivity index (χ3n) is 3.74. The first kappa shape index (κ1) is 14.4. The van der Waals surface area contributed by atoms with E-state index in [1.165, 1.54) is 0 Å². The number of fused-ring (bicyclic) bond motifs is 1. The Hall–Kier alpha value is -1.50. The molecule has 2 aromatic rings. The molecule has 112 valence electrons. The fraction of sp³-hybridized carbons (Fsp3) is 0.400. The molecule has 1 fully saturated rings. The lowest BCUT2D eigenvalue weighted by Gasteiger charge is -2.30. The maximum Gasteiger partial charge on any atom is 0.301 e. The molecule has 1 atom stereocenters. The van der Waals surface area contributed by atoms with E-state index in [1.54, 1.807) is 0 Å². The van der Waals surface area contributed by atoms with Gasteiger partial charge in [0.15, 0.2) is 5.76 Å². The molecular formula is C15H19N3O2S. The van der Waals surface area contributed by atoms with E-state index in [-0.39, 0.29) is 5.91 Å². The molecule has 3 N–H and O–H groups in total. The number of nitrogens with two attached hydrogens (primary N) is 1. The normalized spacial score (nSPS) is 19.8. The second-order valence-corrected chi connectivity index (χ2v) is 6.84. The van der Waals surface area contributed by atoms with Crippen molar-refractivity contribution >= 4 is 28.6 Å². The van der Waals surface area contributed by atoms with Crippen molar-refractivity contribution in [1.29, 1.82) is 0 Å². The van der Waals surface area contributed by atoms with Crippen LogP contribution >= 0.6 is 11.8 Å². The van der Waals surface area contributed by atoms with Crippen LogP contribution in [0.15, 0.2) is 28.7 Å². The van der Waals surface area contributed by atoms with Gasteiger partial charge in [-0.3, -0.25) is 15.1 Å². The third kappa shape index (κ3) is 2.92. The molecule has 1 aromatic heterocycles. The van der Waals surface area contributed by atoms with Crippen molar-refractivity contribution in [3.05, 3.63) is 35.6 Å². The molecule has 6 heteroatoms. The van der Waals surface area contributed by atoms with E-state index in [2.05, 4.69) is 17.2 Å². The largest absolute Gasteiger partial charge is 0.451 e. The number of amides is 1. The van der Waals surface area contributed by atoms with Gasteiger partial charge in [-0.15, -0.1) is 0 Å². The first-order valence-electron chi connectivity index (χ1n) is 7.04. The lowest BCUT2D eigenvalue weighted by Crippen LogP contribution is -2.37. The van der Waals surface area contributed by atoms with Crippen LogP contribution in [0.25, 0.3) is 11.0 Å². The van der Waals surface area contributed by atoms with Crippen LogP contribution in [0.2, 0.25) is 0 Å². The number of hydrogen-bond acceptors (Lipinski definition) is 5. The zero-order valence-corrected chi connectivity index (χ0v) is 12.8. The van der Waals surface area contributed by atoms with Crippen molar-refractivity contribution < 1.29 is 9.21 Å². The number of rotatable bonds is 3. The minimum atomic E-state index is -0.374. The molecule has 2 heterocycles. The van der Waals surface area contributed by atoms with Crippen LogP contribution in [0.5, 0.6) is 0 Å². The Kier molecular flexibility index (Phi) is 4.19. The van der Waals surface area contributed by atoms with Gasteiger partial charge in [-0.25, -0.2) is 5.84 Å². The number of benzene rings is 1. The number of para-hydroxylation sites is 1. The number of thioether (sulfide) groups is 1. The topological polar surface area (TPSA) is 71.5 Å². The second-order valence-electron chi connectivity index (χ2n) is 5.30. The molecule has 1 aliphatic rings. The van der Waals surface area contributed by atoms with Crippen molar-refractivity contribution in [1.82, 2.24) is 10.3 Å². The molecule has 0 aliphatic carbocycles. The number of nitrogen functional groups attached to an aromatic ring is 1. The number of furan rings is 1. The average molecular weight is 305 g/mol. The van der Waals surface area contributed by atoms with E-state index in [0.29, 0.717) is 17.6 Å². The van der Waals surface area contributed by atoms with E-state index < -0.39 is 0 Å². The van der Waals surface area contributed by atoms with Gasteiger partial charge >= 0.3 is 5.91 Å². The summed E-state index contributed by atoms with van der Waals surface area (Å²) in [6.07, 6.45) is 0. The zero-order valence-electron chi connectivity index (χ0n) is 12.0. The van der Waals surface area contributed by atoms with Gasteiger partial charge in [0.05, 0.1) is 0 Å². The van der Waals surface area contributed by atoms with Crippen LogP contribution in [-0.4, -0.2) is 34.9 Å². The fourth-order valence-electron chi connectivity index (χ4n) is 2.76. The Morgan fingerprint density at radius 2 is 2.33 bits per heavy atom. The molecule has 21 heavy (non-hydrogen) atoms. The maximum atomic E-state index is 12.0. The SMILES string of the molecule is CC1CN(Cc2c(C(=O)NN)oc3ccccc23)CCS1. The van der Waals surface area contributed by atoms with Gasteiger partial charge in [0.2, 0.25) is 0 Å². The van der Waals surface area contributed by atoms with Crippen molar-refractivity contribution in [3.63, 3.8) is 0 Å². The summed E-state index contributed by atoms with van der Waals surface area (Å²) in [7, 11) is 0. The van der Waals surface area contributed by atoms with Gasteiger partial charge in [0.1, 0.15) is 5.58 Å². The maximum absolute atomic E-state index is 12.0. The Morgan fingerprint density at radius 1 is 1.52 bits per heavy atom. The predicted molar refractivity (Wildman–Crippen MR) is 85.1 cm³/mol. The summed E-state index contributed by atoms with van der Waals surface area (Å²) in [5, 5.41) is 1.60. The highest BCUT2D eigenvalue weighted by Gasteiger charge is 2.24. The zero-order chi connectivity index (χ0) is 14.8. The number of hydrazine groups is 1. The Balaban J connectivity index is 1.96. The number of nitrogens with one attached hydrogen (secondary N) is 1. The van der Waals surface area contributed by atoms with Gasteiger partial charge in [0.25, 0.3) is 0 Å². The van der Waals surface area contributed by atoms with E-state index in [0.717, 1.165) is 35.4 Å². The van der Waals surface area contributed by atoms with Crippen molar-refractivity contribution in [2.75, 3.05) is 18.8 Å². The van der Waals surface area contributed by atoms with Gasteiger partial charge in [-0.05, 0) is 6.07 Å². The molecule has 1 saturated heterocycles. The predicted octanol–water partition coefficient (Wildman–Crippen LogP) is 1.97. The van der Waals surface area contributed by atoms with Crippen LogP contribution in [0.1, 0.15) is 23.0 Å². The second kappa shape index (κ2) is 6.09. The van der Waals surface area contributed by atoms with E-state index in [1.807, 2.05) is 36.0 Å². The van der Waals surface area contributed by atoms with Gasteiger partial charge in [0, 0.05) is 41.6 Å². The molecule has 0 bridgehead atoms. The molecule has 5 nitrogen and oxygen atoms in total. The first-order valence-corrected chi connectivity index (χ1v) is 8.09. The number of hydrogen-bond donors (Lipinski definition) is 2. The highest BCUT2D eigenvalue weighted by atomic mass is 32.2. The smallest absolute Gasteiger partial charge is 0.301 e. The molecule has 0 spiro atoms. The molecule has 1 aromatic carbocycles. The van der Waals surface area contributed by atoms with Gasteiger partial charge in [-0.1, -0.05) is 25.1 Å². The lowest BCUT2D eigenvalue weighted by molar-refractivity contribution is 0.0925. The number of carbonyl (C=O) groups excluding carboxylic acids is 1. The quantitative estimate of drug-likeness (QED) is 0.515. The summed E-state index contributed by atoms with van der Waals surface area (Å²) in [5.41, 5.74) is 3.82. The van der Waals surface area contributed by atoms with Crippen LogP contribution < -0.4 is 11.3 Å². The molecule has 1 amide bonds. The lowest BCUT2D eigenvalue weighted by atomic mass is 10.1. The van der Waals surface area contributed by atoms with Crippen molar-refractivity contribution in [3.8, 4) is 0 Å². The summed E-state index contributed by atoms with van der Waals surface area (Å²) in [6, 6.07) is 7.73. The molecule has 1 aliphatic heterocycles. The van der Waals surface area contributed by atoms with Crippen molar-refractivity contribution in [2.24, 2.45) is 5.84 Å². The summed E-state index contributed by atoms with van der Waals surface area (Å²) < 4.78 is 5.70. The minimum Gasteiger partial charge on any atom is -0.451 e. The number of nitrogens with zero attached hydrogens (tertiary/aromatic N) is 1. The Bertz CT molecular complexity index is 655. The summed E-state index contributed by atoms with van der Waals surface area (Å²) >= 11 is 1.99. The summed E-state index contributed by atoms with van der Waals surface area (Å²) in [4.78, 5) is 14.3. The fourth-order valence-corrected chi connectivity index (χ4v) is 3.84. The highest BCUT2D eigenvalue weighted by molar-refractivity contribution is 7.99. The summed E-state index contributed by atoms with van der Waals surface area (Å²) in [6.45, 7) is 4.99.